The fourth-order valence-electron chi connectivity index (χ4n) is 2.78. The van der Waals surface area contributed by atoms with Crippen LogP contribution in [0.3, 0.4) is 0 Å². The molecule has 2 rings (SSSR count). The molecular formula is C16H24N2O2. The first kappa shape index (κ1) is 14.9. The summed E-state index contributed by atoms with van der Waals surface area (Å²) >= 11 is 0. The number of methoxy groups -OCH3 is 1. The first-order valence-corrected chi connectivity index (χ1v) is 7.25. The Balaban J connectivity index is 2.05. The minimum atomic E-state index is -0.396. The zero-order chi connectivity index (χ0) is 14.6. The molecule has 1 fully saturated rings. The smallest absolute Gasteiger partial charge is 0.231 e. The quantitative estimate of drug-likeness (QED) is 0.888. The molecule has 1 saturated carbocycles. The first-order valence-electron chi connectivity index (χ1n) is 7.25. The molecular weight excluding hydrogens is 252 g/mol. The van der Waals surface area contributed by atoms with Crippen LogP contribution in [0, 0.1) is 11.3 Å². The molecule has 0 spiro atoms. The molecule has 0 aromatic heterocycles. The highest BCUT2D eigenvalue weighted by molar-refractivity contribution is 5.95. The van der Waals surface area contributed by atoms with Crippen LogP contribution < -0.4 is 15.8 Å². The number of benzene rings is 1. The maximum atomic E-state index is 12.6. The molecule has 0 unspecified atom stereocenters. The van der Waals surface area contributed by atoms with Gasteiger partial charge in [-0.1, -0.05) is 6.92 Å². The van der Waals surface area contributed by atoms with Gasteiger partial charge in [0.05, 0.1) is 12.5 Å². The van der Waals surface area contributed by atoms with Gasteiger partial charge in [0.15, 0.2) is 0 Å². The van der Waals surface area contributed by atoms with E-state index in [9.17, 15) is 4.79 Å². The van der Waals surface area contributed by atoms with Crippen LogP contribution >= 0.6 is 0 Å². The molecule has 0 saturated heterocycles. The molecule has 0 bridgehead atoms. The summed E-state index contributed by atoms with van der Waals surface area (Å²) in [7, 11) is 1.63. The fourth-order valence-corrected chi connectivity index (χ4v) is 2.78. The molecule has 1 aromatic rings. The minimum absolute atomic E-state index is 0.0528. The van der Waals surface area contributed by atoms with Gasteiger partial charge in [-0.25, -0.2) is 0 Å². The molecule has 1 aromatic carbocycles. The first-order chi connectivity index (χ1) is 9.59. The van der Waals surface area contributed by atoms with E-state index in [2.05, 4.69) is 12.2 Å². The van der Waals surface area contributed by atoms with Crippen LogP contribution in [0.2, 0.25) is 0 Å². The number of hydrogen-bond acceptors (Lipinski definition) is 3. The molecule has 1 amide bonds. The maximum absolute atomic E-state index is 12.6. The van der Waals surface area contributed by atoms with Crippen molar-refractivity contribution in [1.82, 2.24) is 0 Å². The van der Waals surface area contributed by atoms with Crippen molar-refractivity contribution in [1.29, 1.82) is 0 Å². The van der Waals surface area contributed by atoms with E-state index in [1.165, 1.54) is 0 Å². The van der Waals surface area contributed by atoms with Gasteiger partial charge in [-0.2, -0.15) is 0 Å². The van der Waals surface area contributed by atoms with Gasteiger partial charge in [0.1, 0.15) is 5.75 Å². The average molecular weight is 276 g/mol. The fraction of sp³-hybridized carbons (Fsp3) is 0.562. The number of hydrogen-bond donors (Lipinski definition) is 2. The van der Waals surface area contributed by atoms with Crippen molar-refractivity contribution in [3.63, 3.8) is 0 Å². The standard InChI is InChI=1S/C16H24N2O2/c1-12-7-9-16(11-17,10-8-12)15(19)18-13-3-5-14(20-2)6-4-13/h3-6,12H,7-11,17H2,1-2H3,(H,18,19). The van der Waals surface area contributed by atoms with E-state index in [4.69, 9.17) is 10.5 Å². The van der Waals surface area contributed by atoms with E-state index < -0.39 is 5.41 Å². The molecule has 0 atom stereocenters. The Kier molecular flexibility index (Phi) is 4.65. The SMILES string of the molecule is COc1ccc(NC(=O)C2(CN)CCC(C)CC2)cc1. The van der Waals surface area contributed by atoms with Crippen molar-refractivity contribution in [3.8, 4) is 5.75 Å². The van der Waals surface area contributed by atoms with Gasteiger partial charge in [0, 0.05) is 12.2 Å². The van der Waals surface area contributed by atoms with Gasteiger partial charge >= 0.3 is 0 Å². The third-order valence-electron chi connectivity index (χ3n) is 4.45. The molecule has 0 heterocycles. The number of anilines is 1. The van der Waals surface area contributed by atoms with Crippen LogP contribution in [0.1, 0.15) is 32.6 Å². The third-order valence-corrected chi connectivity index (χ3v) is 4.45. The summed E-state index contributed by atoms with van der Waals surface area (Å²) in [5.74, 6) is 1.53. The highest BCUT2D eigenvalue weighted by Crippen LogP contribution is 2.39. The van der Waals surface area contributed by atoms with Crippen molar-refractivity contribution in [3.05, 3.63) is 24.3 Å². The van der Waals surface area contributed by atoms with E-state index in [0.717, 1.165) is 37.1 Å². The summed E-state index contributed by atoms with van der Waals surface area (Å²) in [6.07, 6.45) is 3.92. The molecule has 3 N–H and O–H groups in total. The lowest BCUT2D eigenvalue weighted by Crippen LogP contribution is -2.44. The van der Waals surface area contributed by atoms with Crippen molar-refractivity contribution >= 4 is 11.6 Å². The van der Waals surface area contributed by atoms with Crippen LogP contribution in [0.4, 0.5) is 5.69 Å². The zero-order valence-electron chi connectivity index (χ0n) is 12.3. The van der Waals surface area contributed by atoms with Crippen molar-refractivity contribution in [2.45, 2.75) is 32.6 Å². The number of carbonyl (C=O) groups excluding carboxylic acids is 1. The van der Waals surface area contributed by atoms with E-state index in [1.807, 2.05) is 24.3 Å². The minimum Gasteiger partial charge on any atom is -0.497 e. The Hall–Kier alpha value is -1.55. The predicted molar refractivity (Wildman–Crippen MR) is 80.7 cm³/mol. The summed E-state index contributed by atoms with van der Waals surface area (Å²) in [5, 5.41) is 3.00. The van der Waals surface area contributed by atoms with Crippen LogP contribution in [0.15, 0.2) is 24.3 Å². The molecule has 110 valence electrons. The predicted octanol–water partition coefficient (Wildman–Crippen LogP) is 2.79. The second-order valence-corrected chi connectivity index (χ2v) is 5.85. The molecule has 4 nitrogen and oxygen atoms in total. The maximum Gasteiger partial charge on any atom is 0.231 e. The van der Waals surface area contributed by atoms with E-state index in [1.54, 1.807) is 7.11 Å². The second kappa shape index (κ2) is 6.27. The van der Waals surface area contributed by atoms with Crippen molar-refractivity contribution in [2.75, 3.05) is 19.0 Å². The summed E-state index contributed by atoms with van der Waals surface area (Å²) in [5.41, 5.74) is 6.30. The Morgan fingerprint density at radius 3 is 2.45 bits per heavy atom. The van der Waals surface area contributed by atoms with Gasteiger partial charge in [0.2, 0.25) is 5.91 Å². The number of nitrogens with one attached hydrogen (secondary N) is 1. The highest BCUT2D eigenvalue weighted by Gasteiger charge is 2.39. The van der Waals surface area contributed by atoms with E-state index in [-0.39, 0.29) is 5.91 Å². The Morgan fingerprint density at radius 1 is 1.35 bits per heavy atom. The van der Waals surface area contributed by atoms with Crippen LogP contribution in [-0.2, 0) is 4.79 Å². The Morgan fingerprint density at radius 2 is 1.95 bits per heavy atom. The monoisotopic (exact) mass is 276 g/mol. The lowest BCUT2D eigenvalue weighted by atomic mass is 9.70. The average Bonchev–Trinajstić information content (AvgIpc) is 2.49. The van der Waals surface area contributed by atoms with Crippen molar-refractivity contribution < 1.29 is 9.53 Å². The summed E-state index contributed by atoms with van der Waals surface area (Å²) in [6, 6.07) is 7.39. The molecule has 0 radical (unpaired) electrons. The zero-order valence-corrected chi connectivity index (χ0v) is 12.3. The van der Waals surface area contributed by atoms with Crippen LogP contribution in [-0.4, -0.2) is 19.6 Å². The summed E-state index contributed by atoms with van der Waals surface area (Å²) < 4.78 is 5.11. The van der Waals surface area contributed by atoms with Gasteiger partial charge in [-0.3, -0.25) is 4.79 Å². The lowest BCUT2D eigenvalue weighted by molar-refractivity contribution is -0.127. The van der Waals surface area contributed by atoms with Gasteiger partial charge in [-0.15, -0.1) is 0 Å². The Bertz CT molecular complexity index is 448. The second-order valence-electron chi connectivity index (χ2n) is 5.85. The lowest BCUT2D eigenvalue weighted by Gasteiger charge is -2.37. The largest absolute Gasteiger partial charge is 0.497 e. The van der Waals surface area contributed by atoms with Gasteiger partial charge in [-0.05, 0) is 55.9 Å². The topological polar surface area (TPSA) is 64.3 Å². The summed E-state index contributed by atoms with van der Waals surface area (Å²) in [6.45, 7) is 2.66. The van der Waals surface area contributed by atoms with Crippen LogP contribution in [0.25, 0.3) is 0 Å². The van der Waals surface area contributed by atoms with Crippen molar-refractivity contribution in [2.24, 2.45) is 17.1 Å². The molecule has 1 aliphatic rings. The molecule has 1 aliphatic carbocycles. The number of ether oxygens (including phenoxy) is 1. The normalized spacial score (nSPS) is 26.1. The van der Waals surface area contributed by atoms with E-state index in [0.29, 0.717) is 12.5 Å². The number of amides is 1. The van der Waals surface area contributed by atoms with Gasteiger partial charge < -0.3 is 15.8 Å². The molecule has 4 heteroatoms. The summed E-state index contributed by atoms with van der Waals surface area (Å²) in [4.78, 5) is 12.6. The van der Waals surface area contributed by atoms with Crippen LogP contribution in [0.5, 0.6) is 5.75 Å². The molecule has 20 heavy (non-hydrogen) atoms. The van der Waals surface area contributed by atoms with Gasteiger partial charge in [0.25, 0.3) is 0 Å². The highest BCUT2D eigenvalue weighted by atomic mass is 16.5. The number of rotatable bonds is 4. The Labute approximate surface area is 120 Å². The third kappa shape index (κ3) is 3.12. The number of carbonyl (C=O) groups is 1. The molecule has 0 aliphatic heterocycles. The number of nitrogens with two attached hydrogens (primary N) is 1. The van der Waals surface area contributed by atoms with E-state index >= 15 is 0 Å².